The van der Waals surface area contributed by atoms with Gasteiger partial charge in [-0.3, -0.25) is 0 Å². The number of hydrogen-bond donors (Lipinski definition) is 0. The first-order chi connectivity index (χ1) is 12.8. The van der Waals surface area contributed by atoms with E-state index in [0.29, 0.717) is 0 Å². The minimum atomic E-state index is 1.20. The molecule has 4 rings (SSSR count). The first-order valence-corrected chi connectivity index (χ1v) is 12.8. The first-order valence-electron chi connectivity index (χ1n) is 9.51. The van der Waals surface area contributed by atoms with Crippen molar-refractivity contribution in [3.05, 3.63) is 34.0 Å². The summed E-state index contributed by atoms with van der Waals surface area (Å²) in [5, 5.41) is 2.94. The second-order valence-corrected chi connectivity index (χ2v) is 11.4. The minimum Gasteiger partial charge on any atom is -0.125 e. The molecule has 26 heavy (non-hydrogen) atoms. The van der Waals surface area contributed by atoms with Crippen molar-refractivity contribution in [1.82, 2.24) is 0 Å². The van der Waals surface area contributed by atoms with E-state index in [0.717, 1.165) is 0 Å². The lowest BCUT2D eigenvalue weighted by Crippen LogP contribution is -1.66. The van der Waals surface area contributed by atoms with Gasteiger partial charge in [-0.2, -0.15) is 0 Å². The van der Waals surface area contributed by atoms with Crippen molar-refractivity contribution >= 4 is 85.7 Å². The maximum absolute atomic E-state index is 2.40. The molecular formula is C22H24S4. The van der Waals surface area contributed by atoms with Crippen molar-refractivity contribution in [2.75, 3.05) is 0 Å². The molecule has 136 valence electrons. The molecule has 4 aromatic rings. The Bertz CT molecular complexity index is 978. The molecule has 0 saturated carbocycles. The average molecular weight is 417 g/mol. The van der Waals surface area contributed by atoms with Crippen LogP contribution in [0.2, 0.25) is 0 Å². The van der Waals surface area contributed by atoms with Crippen molar-refractivity contribution in [2.24, 2.45) is 0 Å². The summed E-state index contributed by atoms with van der Waals surface area (Å²) < 4.78 is 5.96. The summed E-state index contributed by atoms with van der Waals surface area (Å²) in [4.78, 5) is 2.81. The van der Waals surface area contributed by atoms with Crippen LogP contribution in [0.1, 0.15) is 62.1 Å². The molecule has 0 bridgehead atoms. The van der Waals surface area contributed by atoms with Crippen LogP contribution in [-0.2, 0) is 0 Å². The van der Waals surface area contributed by atoms with E-state index in [1.165, 1.54) is 76.5 Å². The normalized spacial score (nSPS) is 12.8. The Labute approximate surface area is 171 Å². The zero-order valence-electron chi connectivity index (χ0n) is 15.3. The van der Waals surface area contributed by atoms with Crippen molar-refractivity contribution in [3.8, 4) is 0 Å². The van der Waals surface area contributed by atoms with Crippen LogP contribution in [0.5, 0.6) is 0 Å². The van der Waals surface area contributed by atoms with Gasteiger partial charge in [-0.05, 0) is 37.1 Å². The lowest BCUT2D eigenvalue weighted by Gasteiger charge is -1.88. The second kappa shape index (κ2) is 8.39. The molecule has 0 nitrogen and oxygen atoms in total. The van der Waals surface area contributed by atoms with Crippen LogP contribution >= 0.6 is 45.3 Å². The lowest BCUT2D eigenvalue weighted by molar-refractivity contribution is 0.816. The Balaban J connectivity index is 1.62. The molecule has 0 amide bonds. The molecule has 0 N–H and O–H groups in total. The summed E-state index contributed by atoms with van der Waals surface area (Å²) in [5.41, 5.74) is 0. The largest absolute Gasteiger partial charge is 0.125 e. The predicted octanol–water partition coefficient (Wildman–Crippen LogP) is 9.80. The smallest absolute Gasteiger partial charge is 0.0892 e. The SMILES string of the molecule is CCCC/C=C/c1cc2c(s1)sc1c3cc(/C=C/CCCC)sc3sc21. The van der Waals surface area contributed by atoms with E-state index in [1.54, 1.807) is 0 Å². The third kappa shape index (κ3) is 3.70. The topological polar surface area (TPSA) is 0 Å². The highest BCUT2D eigenvalue weighted by Crippen LogP contribution is 2.49. The standard InChI is InChI=1S/C22H24S4/c1-3-5-7-9-11-15-13-17-19-20(25-21(17)23-15)18-14-16(24-22(18)26-19)12-10-8-6-4-2/h9-14H,3-8H2,1-2H3/b11-9+,12-10+. The molecule has 0 fully saturated rings. The van der Waals surface area contributed by atoms with Crippen molar-refractivity contribution in [2.45, 2.75) is 52.4 Å². The zero-order chi connectivity index (χ0) is 17.9. The predicted molar refractivity (Wildman–Crippen MR) is 128 cm³/mol. The minimum absolute atomic E-state index is 1.20. The molecule has 4 heterocycles. The maximum Gasteiger partial charge on any atom is 0.0892 e. The van der Waals surface area contributed by atoms with E-state index in [2.05, 4.69) is 50.3 Å². The van der Waals surface area contributed by atoms with Crippen molar-refractivity contribution in [1.29, 1.82) is 0 Å². The lowest BCUT2D eigenvalue weighted by atomic mass is 10.2. The molecule has 0 spiro atoms. The van der Waals surface area contributed by atoms with Crippen LogP contribution in [0.4, 0.5) is 0 Å². The fraction of sp³-hybridized carbons (Fsp3) is 0.364. The summed E-state index contributed by atoms with van der Waals surface area (Å²) >= 11 is 7.87. The molecule has 0 radical (unpaired) electrons. The molecule has 0 unspecified atom stereocenters. The Hall–Kier alpha value is -0.940. The molecule has 0 aliphatic heterocycles. The number of allylic oxidation sites excluding steroid dienone is 2. The Morgan fingerprint density at radius 2 is 1.15 bits per heavy atom. The Morgan fingerprint density at radius 3 is 1.58 bits per heavy atom. The van der Waals surface area contributed by atoms with Crippen LogP contribution < -0.4 is 0 Å². The van der Waals surface area contributed by atoms with Crippen molar-refractivity contribution < 1.29 is 0 Å². The van der Waals surface area contributed by atoms with Crippen LogP contribution in [0, 0.1) is 0 Å². The van der Waals surface area contributed by atoms with Crippen LogP contribution in [0.25, 0.3) is 40.4 Å². The molecule has 0 aromatic carbocycles. The Kier molecular flexibility index (Phi) is 5.94. The number of rotatable bonds is 8. The highest BCUT2D eigenvalue weighted by molar-refractivity contribution is 7.49. The third-order valence-electron chi connectivity index (χ3n) is 4.53. The van der Waals surface area contributed by atoms with E-state index in [4.69, 9.17) is 0 Å². The highest BCUT2D eigenvalue weighted by Gasteiger charge is 2.16. The van der Waals surface area contributed by atoms with Gasteiger partial charge >= 0.3 is 0 Å². The summed E-state index contributed by atoms with van der Waals surface area (Å²) in [6.07, 6.45) is 16.8. The summed E-state index contributed by atoms with van der Waals surface area (Å²) in [6.45, 7) is 4.50. The monoisotopic (exact) mass is 416 g/mol. The molecular weight excluding hydrogens is 393 g/mol. The fourth-order valence-corrected chi connectivity index (χ4v) is 8.52. The maximum atomic E-state index is 2.40. The zero-order valence-corrected chi connectivity index (χ0v) is 18.6. The van der Waals surface area contributed by atoms with Gasteiger partial charge in [0, 0.05) is 20.5 Å². The summed E-state index contributed by atoms with van der Waals surface area (Å²) in [7, 11) is 0. The van der Waals surface area contributed by atoms with Gasteiger partial charge in [0.1, 0.15) is 0 Å². The van der Waals surface area contributed by atoms with E-state index in [1.807, 2.05) is 45.3 Å². The van der Waals surface area contributed by atoms with Gasteiger partial charge in [-0.15, -0.1) is 45.3 Å². The van der Waals surface area contributed by atoms with Gasteiger partial charge in [0.15, 0.2) is 0 Å². The van der Waals surface area contributed by atoms with Gasteiger partial charge < -0.3 is 0 Å². The number of thiophene rings is 4. The van der Waals surface area contributed by atoms with E-state index >= 15 is 0 Å². The summed E-state index contributed by atoms with van der Waals surface area (Å²) in [5.74, 6) is 0. The van der Waals surface area contributed by atoms with Gasteiger partial charge in [-0.1, -0.05) is 51.7 Å². The van der Waals surface area contributed by atoms with Crippen LogP contribution in [-0.4, -0.2) is 0 Å². The highest BCUT2D eigenvalue weighted by atomic mass is 32.2. The van der Waals surface area contributed by atoms with E-state index < -0.39 is 0 Å². The molecule has 0 aliphatic rings. The first kappa shape index (κ1) is 18.4. The summed E-state index contributed by atoms with van der Waals surface area (Å²) in [6, 6.07) is 4.79. The molecule has 0 saturated heterocycles. The Morgan fingerprint density at radius 1 is 0.692 bits per heavy atom. The van der Waals surface area contributed by atoms with Crippen molar-refractivity contribution in [3.63, 3.8) is 0 Å². The number of unbranched alkanes of at least 4 members (excludes halogenated alkanes) is 4. The van der Waals surface area contributed by atoms with Crippen LogP contribution in [0.15, 0.2) is 24.3 Å². The van der Waals surface area contributed by atoms with Gasteiger partial charge in [0.2, 0.25) is 0 Å². The average Bonchev–Trinajstić information content (AvgIpc) is 3.34. The van der Waals surface area contributed by atoms with Gasteiger partial charge in [0.25, 0.3) is 0 Å². The van der Waals surface area contributed by atoms with Gasteiger partial charge in [0.05, 0.1) is 17.4 Å². The van der Waals surface area contributed by atoms with Crippen LogP contribution in [0.3, 0.4) is 0 Å². The third-order valence-corrected chi connectivity index (χ3v) is 9.52. The van der Waals surface area contributed by atoms with E-state index in [-0.39, 0.29) is 0 Å². The van der Waals surface area contributed by atoms with Gasteiger partial charge in [-0.25, -0.2) is 0 Å². The molecule has 4 heteroatoms. The number of hydrogen-bond acceptors (Lipinski definition) is 4. The molecule has 4 aromatic heterocycles. The molecule has 0 atom stereocenters. The quantitative estimate of drug-likeness (QED) is 0.251. The number of fused-ring (bicyclic) bond motifs is 5. The molecule has 0 aliphatic carbocycles. The fourth-order valence-electron chi connectivity index (χ4n) is 3.09. The second-order valence-electron chi connectivity index (χ2n) is 6.65. The van der Waals surface area contributed by atoms with E-state index in [9.17, 15) is 0 Å².